The molecule has 2 aromatic rings. The highest BCUT2D eigenvalue weighted by molar-refractivity contribution is 5.80. The maximum absolute atomic E-state index is 4.61. The van der Waals surface area contributed by atoms with Gasteiger partial charge < -0.3 is 0 Å². The zero-order valence-electron chi connectivity index (χ0n) is 24.8. The molecule has 0 radical (unpaired) electrons. The highest BCUT2D eigenvalue weighted by Crippen LogP contribution is 2.45. The van der Waals surface area contributed by atoms with E-state index >= 15 is 0 Å². The van der Waals surface area contributed by atoms with E-state index < -0.39 is 0 Å². The van der Waals surface area contributed by atoms with E-state index in [-0.39, 0.29) is 0 Å². The molecule has 0 amide bonds. The van der Waals surface area contributed by atoms with E-state index in [1.807, 2.05) is 0 Å². The lowest BCUT2D eigenvalue weighted by Crippen LogP contribution is -2.21. The Morgan fingerprint density at radius 3 is 2.47 bits per heavy atom. The van der Waals surface area contributed by atoms with Crippen LogP contribution in [0, 0.1) is 42.9 Å². The van der Waals surface area contributed by atoms with Crippen LogP contribution in [0.25, 0.3) is 17.2 Å². The summed E-state index contributed by atoms with van der Waals surface area (Å²) < 4.78 is 0. The molecule has 3 unspecified atom stereocenters. The molecule has 2 aromatic carbocycles. The van der Waals surface area contributed by atoms with Crippen LogP contribution in [0.5, 0.6) is 0 Å². The summed E-state index contributed by atoms with van der Waals surface area (Å²) in [4.78, 5) is 0. The fourth-order valence-corrected chi connectivity index (χ4v) is 7.47. The SMILES string of the molecule is C=C1C=CC(CC(C)(C)C)C(=C)C1CC1=Cc2cccc(-c3cc(C)cc(C)c3C[C@@H]3CCCC3C)c2C1. The van der Waals surface area contributed by atoms with Crippen molar-refractivity contribution in [1.82, 2.24) is 0 Å². The third-order valence-corrected chi connectivity index (χ3v) is 9.60. The van der Waals surface area contributed by atoms with Gasteiger partial charge in [-0.2, -0.15) is 0 Å². The lowest BCUT2D eigenvalue weighted by atomic mass is 9.71. The van der Waals surface area contributed by atoms with E-state index in [4.69, 9.17) is 0 Å². The van der Waals surface area contributed by atoms with Crippen molar-refractivity contribution in [2.24, 2.45) is 29.1 Å². The van der Waals surface area contributed by atoms with Gasteiger partial charge in [-0.3, -0.25) is 0 Å². The number of fused-ring (bicyclic) bond motifs is 1. The summed E-state index contributed by atoms with van der Waals surface area (Å²) in [7, 11) is 0. The molecule has 3 aliphatic carbocycles. The van der Waals surface area contributed by atoms with Gasteiger partial charge in [0.05, 0.1) is 0 Å². The Hall–Kier alpha value is -2.60. The minimum absolute atomic E-state index is 0.291. The Bertz CT molecular complexity index is 1300. The highest BCUT2D eigenvalue weighted by atomic mass is 14.4. The number of rotatable bonds is 6. The first-order valence-corrected chi connectivity index (χ1v) is 15.0. The molecule has 0 heterocycles. The molecule has 0 nitrogen and oxygen atoms in total. The van der Waals surface area contributed by atoms with Crippen LogP contribution in [0.4, 0.5) is 0 Å². The predicted molar refractivity (Wildman–Crippen MR) is 166 cm³/mol. The summed E-state index contributed by atoms with van der Waals surface area (Å²) in [6.45, 7) is 23.1. The first-order valence-electron chi connectivity index (χ1n) is 15.0. The molecule has 38 heavy (non-hydrogen) atoms. The van der Waals surface area contributed by atoms with Crippen molar-refractivity contribution in [2.45, 2.75) is 86.5 Å². The average molecular weight is 505 g/mol. The minimum atomic E-state index is 0.291. The molecule has 0 N–H and O–H groups in total. The smallest absolute Gasteiger partial charge is 0.00827 e. The largest absolute Gasteiger partial charge is 0.0986 e. The van der Waals surface area contributed by atoms with E-state index in [2.05, 4.69) is 103 Å². The summed E-state index contributed by atoms with van der Waals surface area (Å²) in [5.74, 6) is 2.45. The van der Waals surface area contributed by atoms with Crippen LogP contribution in [0.3, 0.4) is 0 Å². The molecule has 1 fully saturated rings. The first kappa shape index (κ1) is 27.0. The molecule has 0 saturated heterocycles. The second kappa shape index (κ2) is 10.5. The predicted octanol–water partition coefficient (Wildman–Crippen LogP) is 10.6. The second-order valence-corrected chi connectivity index (χ2v) is 14.0. The maximum Gasteiger partial charge on any atom is 0.00827 e. The Morgan fingerprint density at radius 2 is 1.76 bits per heavy atom. The lowest BCUT2D eigenvalue weighted by molar-refractivity contribution is 0.334. The van der Waals surface area contributed by atoms with Crippen LogP contribution in [0.1, 0.15) is 87.6 Å². The molecule has 0 aromatic heterocycles. The zero-order chi connectivity index (χ0) is 27.2. The van der Waals surface area contributed by atoms with Gasteiger partial charge in [0.15, 0.2) is 0 Å². The van der Waals surface area contributed by atoms with Gasteiger partial charge in [-0.05, 0) is 108 Å². The summed E-state index contributed by atoms with van der Waals surface area (Å²) >= 11 is 0. The fourth-order valence-electron chi connectivity index (χ4n) is 7.47. The van der Waals surface area contributed by atoms with Crippen LogP contribution >= 0.6 is 0 Å². The Kier molecular flexibility index (Phi) is 7.47. The van der Waals surface area contributed by atoms with E-state index in [0.29, 0.717) is 17.3 Å². The molecule has 0 heteroatoms. The summed E-state index contributed by atoms with van der Waals surface area (Å²) in [5.41, 5.74) is 14.7. The van der Waals surface area contributed by atoms with Crippen molar-refractivity contribution in [3.8, 4) is 11.1 Å². The summed E-state index contributed by atoms with van der Waals surface area (Å²) in [5, 5.41) is 0. The molecule has 0 spiro atoms. The quantitative estimate of drug-likeness (QED) is 0.343. The van der Waals surface area contributed by atoms with Crippen molar-refractivity contribution >= 4 is 6.08 Å². The normalized spacial score (nSPS) is 25.2. The molecule has 1 saturated carbocycles. The highest BCUT2D eigenvalue weighted by Gasteiger charge is 2.31. The van der Waals surface area contributed by atoms with Crippen molar-refractivity contribution in [1.29, 1.82) is 0 Å². The second-order valence-electron chi connectivity index (χ2n) is 14.0. The van der Waals surface area contributed by atoms with Gasteiger partial charge in [0, 0.05) is 5.92 Å². The van der Waals surface area contributed by atoms with Gasteiger partial charge in [0.1, 0.15) is 0 Å². The lowest BCUT2D eigenvalue weighted by Gasteiger charge is -2.33. The van der Waals surface area contributed by atoms with Crippen LogP contribution in [0.15, 0.2) is 72.4 Å². The van der Waals surface area contributed by atoms with Crippen LogP contribution in [-0.4, -0.2) is 0 Å². The minimum Gasteiger partial charge on any atom is -0.0986 e. The van der Waals surface area contributed by atoms with E-state index in [1.54, 1.807) is 5.56 Å². The molecule has 4 atom stereocenters. The number of hydrogen-bond donors (Lipinski definition) is 0. The van der Waals surface area contributed by atoms with Crippen LogP contribution in [0.2, 0.25) is 0 Å². The van der Waals surface area contributed by atoms with Crippen molar-refractivity contribution in [2.75, 3.05) is 0 Å². The molecule has 0 aliphatic heterocycles. The van der Waals surface area contributed by atoms with Crippen molar-refractivity contribution < 1.29 is 0 Å². The topological polar surface area (TPSA) is 0 Å². The van der Waals surface area contributed by atoms with Gasteiger partial charge in [0.25, 0.3) is 0 Å². The fraction of sp³-hybridized carbons (Fsp3) is 0.474. The summed E-state index contributed by atoms with van der Waals surface area (Å²) in [6, 6.07) is 11.8. The van der Waals surface area contributed by atoms with Gasteiger partial charge in [-0.25, -0.2) is 0 Å². The number of benzene rings is 2. The monoisotopic (exact) mass is 504 g/mol. The van der Waals surface area contributed by atoms with E-state index in [0.717, 1.165) is 31.1 Å². The number of allylic oxidation sites excluding steroid dienone is 5. The average Bonchev–Trinajstić information content (AvgIpc) is 3.44. The maximum atomic E-state index is 4.61. The summed E-state index contributed by atoms with van der Waals surface area (Å²) in [6.07, 6.45) is 15.7. The standard InChI is InChI=1S/C38H48/c1-24-17-27(4)35(22-30-12-9-11-25(30)2)37(18-24)33-14-10-13-31-19-29(21-36(31)33)20-34-26(3)15-16-32(28(34)5)23-38(6,7)8/h10,13-19,25,30,32,34H,3,5,9,11-12,20-23H2,1-2,4,6-8H3/t25?,30-,32?,34?/m0/s1. The van der Waals surface area contributed by atoms with Gasteiger partial charge in [0.2, 0.25) is 0 Å². The van der Waals surface area contributed by atoms with Crippen molar-refractivity contribution in [3.05, 3.63) is 100 Å². The molecular weight excluding hydrogens is 456 g/mol. The zero-order valence-corrected chi connectivity index (χ0v) is 24.8. The van der Waals surface area contributed by atoms with Crippen LogP contribution < -0.4 is 0 Å². The molecule has 5 rings (SSSR count). The number of aryl methyl sites for hydroxylation is 2. The molecule has 0 bridgehead atoms. The van der Waals surface area contributed by atoms with Crippen molar-refractivity contribution in [3.63, 3.8) is 0 Å². The molecular formula is C38H48. The van der Waals surface area contributed by atoms with E-state index in [9.17, 15) is 0 Å². The molecule has 200 valence electrons. The Morgan fingerprint density at radius 1 is 0.974 bits per heavy atom. The van der Waals surface area contributed by atoms with Gasteiger partial charge in [-0.15, -0.1) is 0 Å². The van der Waals surface area contributed by atoms with Crippen LogP contribution in [-0.2, 0) is 12.8 Å². The van der Waals surface area contributed by atoms with E-state index in [1.165, 1.54) is 75.8 Å². The Labute approximate surface area is 232 Å². The number of hydrogen-bond acceptors (Lipinski definition) is 0. The third-order valence-electron chi connectivity index (χ3n) is 9.60. The first-order chi connectivity index (χ1) is 18.0. The Balaban J connectivity index is 1.41. The molecule has 3 aliphatic rings. The van der Waals surface area contributed by atoms with Gasteiger partial charge in [-0.1, -0.05) is 119 Å². The third kappa shape index (κ3) is 5.56. The van der Waals surface area contributed by atoms with Gasteiger partial charge >= 0.3 is 0 Å².